The summed E-state index contributed by atoms with van der Waals surface area (Å²) in [5.41, 5.74) is 9.43. The van der Waals surface area contributed by atoms with Gasteiger partial charge in [0.15, 0.2) is 0 Å². The number of carbonyl (C=O) groups excluding carboxylic acids is 1. The standard InChI is InChI=1S/C15H16N2O2S/c1-19-11-7-13(20-8-11)15(16)10-2-4-12-9(6-10)3-5-14(18)17-12/h2,4,6-8,15H,3,5,16H2,1H3,(H,17,18). The molecule has 1 aromatic heterocycles. The third-order valence-corrected chi connectivity index (χ3v) is 4.52. The van der Waals surface area contributed by atoms with Crippen molar-refractivity contribution in [2.75, 3.05) is 12.4 Å². The molecule has 1 unspecified atom stereocenters. The molecular formula is C15H16N2O2S. The molecule has 1 aliphatic rings. The van der Waals surface area contributed by atoms with Crippen molar-refractivity contribution < 1.29 is 9.53 Å². The molecule has 20 heavy (non-hydrogen) atoms. The summed E-state index contributed by atoms with van der Waals surface area (Å²) in [6.45, 7) is 0. The van der Waals surface area contributed by atoms with Gasteiger partial charge in [0.2, 0.25) is 5.91 Å². The van der Waals surface area contributed by atoms with Crippen LogP contribution in [0.3, 0.4) is 0 Å². The van der Waals surface area contributed by atoms with Crippen LogP contribution in [0, 0.1) is 0 Å². The van der Waals surface area contributed by atoms with Crippen LogP contribution in [0.5, 0.6) is 5.75 Å². The van der Waals surface area contributed by atoms with Crippen molar-refractivity contribution in [2.45, 2.75) is 18.9 Å². The Morgan fingerprint density at radius 1 is 1.35 bits per heavy atom. The second-order valence-corrected chi connectivity index (χ2v) is 5.77. The maximum absolute atomic E-state index is 11.4. The Labute approximate surface area is 121 Å². The molecule has 1 aliphatic heterocycles. The highest BCUT2D eigenvalue weighted by Gasteiger charge is 2.18. The monoisotopic (exact) mass is 288 g/mol. The van der Waals surface area contributed by atoms with Gasteiger partial charge in [-0.1, -0.05) is 12.1 Å². The van der Waals surface area contributed by atoms with Gasteiger partial charge in [-0.15, -0.1) is 11.3 Å². The van der Waals surface area contributed by atoms with E-state index in [9.17, 15) is 4.79 Å². The number of fused-ring (bicyclic) bond motifs is 1. The molecular weight excluding hydrogens is 272 g/mol. The molecule has 0 aliphatic carbocycles. The highest BCUT2D eigenvalue weighted by molar-refractivity contribution is 7.10. The molecule has 0 saturated heterocycles. The minimum Gasteiger partial charge on any atom is -0.496 e. The molecule has 104 valence electrons. The van der Waals surface area contributed by atoms with Gasteiger partial charge in [0.25, 0.3) is 0 Å². The number of benzene rings is 1. The predicted molar refractivity (Wildman–Crippen MR) is 80.3 cm³/mol. The van der Waals surface area contributed by atoms with Crippen molar-refractivity contribution in [1.29, 1.82) is 0 Å². The van der Waals surface area contributed by atoms with E-state index in [0.717, 1.165) is 33.9 Å². The number of nitrogens with two attached hydrogens (primary N) is 1. The highest BCUT2D eigenvalue weighted by atomic mass is 32.1. The van der Waals surface area contributed by atoms with Crippen LogP contribution in [0.15, 0.2) is 29.6 Å². The Morgan fingerprint density at radius 2 is 2.20 bits per heavy atom. The number of ether oxygens (including phenoxy) is 1. The quantitative estimate of drug-likeness (QED) is 0.912. The summed E-state index contributed by atoms with van der Waals surface area (Å²) in [4.78, 5) is 12.4. The molecule has 1 aromatic carbocycles. The van der Waals surface area contributed by atoms with Crippen molar-refractivity contribution in [2.24, 2.45) is 5.73 Å². The van der Waals surface area contributed by atoms with Crippen LogP contribution in [0.25, 0.3) is 0 Å². The Kier molecular flexibility index (Phi) is 3.46. The Hall–Kier alpha value is -1.85. The Bertz CT molecular complexity index is 651. The third-order valence-electron chi connectivity index (χ3n) is 3.52. The van der Waals surface area contributed by atoms with Crippen LogP contribution in [0.2, 0.25) is 0 Å². The van der Waals surface area contributed by atoms with E-state index in [1.165, 1.54) is 0 Å². The minimum atomic E-state index is -0.160. The number of hydrogen-bond donors (Lipinski definition) is 2. The van der Waals surface area contributed by atoms with Gasteiger partial charge in [0, 0.05) is 22.4 Å². The van der Waals surface area contributed by atoms with E-state index in [1.54, 1.807) is 18.4 Å². The summed E-state index contributed by atoms with van der Waals surface area (Å²) < 4.78 is 5.19. The third kappa shape index (κ3) is 2.42. The molecule has 1 amide bonds. The van der Waals surface area contributed by atoms with Gasteiger partial charge in [-0.05, 0) is 29.7 Å². The predicted octanol–water partition coefficient (Wildman–Crippen LogP) is 2.69. The Balaban J connectivity index is 1.88. The number of amides is 1. The van der Waals surface area contributed by atoms with Crippen LogP contribution in [0.1, 0.15) is 28.5 Å². The van der Waals surface area contributed by atoms with Crippen molar-refractivity contribution in [3.05, 3.63) is 45.6 Å². The summed E-state index contributed by atoms with van der Waals surface area (Å²) in [5.74, 6) is 0.920. The van der Waals surface area contributed by atoms with E-state index in [1.807, 2.05) is 23.6 Å². The SMILES string of the molecule is COc1csc(C(N)c2ccc3c(c2)CCC(=O)N3)c1. The van der Waals surface area contributed by atoms with Gasteiger partial charge >= 0.3 is 0 Å². The number of anilines is 1. The summed E-state index contributed by atoms with van der Waals surface area (Å²) in [5, 5.41) is 4.83. The molecule has 0 saturated carbocycles. The van der Waals surface area contributed by atoms with Crippen molar-refractivity contribution in [3.63, 3.8) is 0 Å². The average molecular weight is 288 g/mol. The normalized spacial score (nSPS) is 15.4. The number of methoxy groups -OCH3 is 1. The first-order valence-electron chi connectivity index (χ1n) is 6.48. The van der Waals surface area contributed by atoms with Crippen molar-refractivity contribution in [1.82, 2.24) is 0 Å². The molecule has 2 aromatic rings. The van der Waals surface area contributed by atoms with Gasteiger partial charge in [-0.3, -0.25) is 4.79 Å². The first-order valence-corrected chi connectivity index (χ1v) is 7.36. The Morgan fingerprint density at radius 3 is 2.95 bits per heavy atom. The summed E-state index contributed by atoms with van der Waals surface area (Å²) in [7, 11) is 1.65. The van der Waals surface area contributed by atoms with Gasteiger partial charge in [-0.25, -0.2) is 0 Å². The van der Waals surface area contributed by atoms with Crippen LogP contribution in [-0.4, -0.2) is 13.0 Å². The number of nitrogens with one attached hydrogen (secondary N) is 1. The second kappa shape index (κ2) is 5.26. The van der Waals surface area contributed by atoms with Crippen molar-refractivity contribution in [3.8, 4) is 5.75 Å². The lowest BCUT2D eigenvalue weighted by atomic mass is 9.97. The summed E-state index contributed by atoms with van der Waals surface area (Å²) >= 11 is 1.60. The van der Waals surface area contributed by atoms with Gasteiger partial charge in [0.05, 0.1) is 13.2 Å². The van der Waals surface area contributed by atoms with E-state index in [2.05, 4.69) is 11.4 Å². The fraction of sp³-hybridized carbons (Fsp3) is 0.267. The van der Waals surface area contributed by atoms with Crippen LogP contribution >= 0.6 is 11.3 Å². The zero-order valence-corrected chi connectivity index (χ0v) is 12.0. The molecule has 0 radical (unpaired) electrons. The molecule has 0 spiro atoms. The van der Waals surface area contributed by atoms with E-state index in [0.29, 0.717) is 6.42 Å². The minimum absolute atomic E-state index is 0.0811. The zero-order chi connectivity index (χ0) is 14.1. The molecule has 0 fully saturated rings. The van der Waals surface area contributed by atoms with Crippen LogP contribution in [0.4, 0.5) is 5.69 Å². The first-order chi connectivity index (χ1) is 9.67. The molecule has 3 N–H and O–H groups in total. The maximum atomic E-state index is 11.4. The second-order valence-electron chi connectivity index (χ2n) is 4.83. The van der Waals surface area contributed by atoms with E-state index < -0.39 is 0 Å². The number of thiophene rings is 1. The molecule has 1 atom stereocenters. The number of rotatable bonds is 3. The number of hydrogen-bond acceptors (Lipinski definition) is 4. The van der Waals surface area contributed by atoms with E-state index in [-0.39, 0.29) is 11.9 Å². The molecule has 3 rings (SSSR count). The van der Waals surface area contributed by atoms with Gasteiger partial charge in [-0.2, -0.15) is 0 Å². The lowest BCUT2D eigenvalue weighted by Gasteiger charge is -2.19. The fourth-order valence-corrected chi connectivity index (χ4v) is 3.25. The van der Waals surface area contributed by atoms with Gasteiger partial charge < -0.3 is 15.8 Å². The average Bonchev–Trinajstić information content (AvgIpc) is 2.95. The lowest BCUT2D eigenvalue weighted by molar-refractivity contribution is -0.116. The number of carbonyl (C=O) groups is 1. The first kappa shape index (κ1) is 13.1. The van der Waals surface area contributed by atoms with Gasteiger partial charge in [0.1, 0.15) is 5.75 Å². The van der Waals surface area contributed by atoms with E-state index in [4.69, 9.17) is 10.5 Å². The van der Waals surface area contributed by atoms with Crippen LogP contribution in [-0.2, 0) is 11.2 Å². The molecule has 0 bridgehead atoms. The highest BCUT2D eigenvalue weighted by Crippen LogP contribution is 2.32. The topological polar surface area (TPSA) is 64.3 Å². The van der Waals surface area contributed by atoms with Crippen molar-refractivity contribution >= 4 is 22.9 Å². The lowest BCUT2D eigenvalue weighted by Crippen LogP contribution is -2.19. The van der Waals surface area contributed by atoms with Crippen LogP contribution < -0.4 is 15.8 Å². The summed E-state index contributed by atoms with van der Waals surface area (Å²) in [6, 6.07) is 7.81. The molecule has 4 nitrogen and oxygen atoms in total. The zero-order valence-electron chi connectivity index (χ0n) is 11.2. The number of aryl methyl sites for hydroxylation is 1. The fourth-order valence-electron chi connectivity index (χ4n) is 2.37. The molecule has 2 heterocycles. The summed E-state index contributed by atoms with van der Waals surface area (Å²) in [6.07, 6.45) is 1.31. The smallest absolute Gasteiger partial charge is 0.224 e. The van der Waals surface area contributed by atoms with E-state index >= 15 is 0 Å². The largest absolute Gasteiger partial charge is 0.496 e. The molecule has 5 heteroatoms. The maximum Gasteiger partial charge on any atom is 0.224 e.